The average molecular weight is 349 g/mol. The van der Waals surface area contributed by atoms with Crippen molar-refractivity contribution in [2.75, 3.05) is 29.9 Å². The number of nitrogens with zero attached hydrogens (tertiary/aromatic N) is 1. The predicted octanol–water partition coefficient (Wildman–Crippen LogP) is 3.88. The summed E-state index contributed by atoms with van der Waals surface area (Å²) in [5.41, 5.74) is 3.20. The Kier molecular flexibility index (Phi) is 4.90. The SMILES string of the molecule is CCN1CCc2ccc(NC(=O)COc3ccc(F)c(Cl)c3)cc21. The van der Waals surface area contributed by atoms with E-state index in [0.717, 1.165) is 25.2 Å². The van der Waals surface area contributed by atoms with Crippen LogP contribution in [0.5, 0.6) is 5.75 Å². The Morgan fingerprint density at radius 2 is 2.17 bits per heavy atom. The topological polar surface area (TPSA) is 41.6 Å². The number of rotatable bonds is 5. The first-order valence-corrected chi connectivity index (χ1v) is 8.20. The van der Waals surface area contributed by atoms with Crippen LogP contribution in [0.2, 0.25) is 5.02 Å². The molecule has 1 heterocycles. The summed E-state index contributed by atoms with van der Waals surface area (Å²) >= 11 is 5.68. The molecule has 2 aromatic rings. The van der Waals surface area contributed by atoms with E-state index in [1.807, 2.05) is 18.2 Å². The van der Waals surface area contributed by atoms with Crippen LogP contribution in [0.3, 0.4) is 0 Å². The largest absolute Gasteiger partial charge is 0.484 e. The molecule has 4 nitrogen and oxygen atoms in total. The van der Waals surface area contributed by atoms with E-state index in [0.29, 0.717) is 5.75 Å². The van der Waals surface area contributed by atoms with Gasteiger partial charge >= 0.3 is 0 Å². The van der Waals surface area contributed by atoms with Crippen LogP contribution in [0, 0.1) is 5.82 Å². The maximum absolute atomic E-state index is 13.1. The number of fused-ring (bicyclic) bond motifs is 1. The van der Waals surface area contributed by atoms with Crippen molar-refractivity contribution in [3.05, 3.63) is 52.8 Å². The summed E-state index contributed by atoms with van der Waals surface area (Å²) in [6, 6.07) is 9.90. The van der Waals surface area contributed by atoms with Crippen molar-refractivity contribution in [3.63, 3.8) is 0 Å². The van der Waals surface area contributed by atoms with Gasteiger partial charge in [-0.3, -0.25) is 4.79 Å². The highest BCUT2D eigenvalue weighted by Gasteiger charge is 2.18. The van der Waals surface area contributed by atoms with Gasteiger partial charge in [0.25, 0.3) is 5.91 Å². The monoisotopic (exact) mass is 348 g/mol. The van der Waals surface area contributed by atoms with Crippen LogP contribution < -0.4 is 15.0 Å². The summed E-state index contributed by atoms with van der Waals surface area (Å²) < 4.78 is 18.4. The number of halogens is 2. The molecule has 3 rings (SSSR count). The number of hydrogen-bond donors (Lipinski definition) is 1. The van der Waals surface area contributed by atoms with Crippen LogP contribution in [-0.2, 0) is 11.2 Å². The predicted molar refractivity (Wildman–Crippen MR) is 93.6 cm³/mol. The third kappa shape index (κ3) is 3.62. The first kappa shape index (κ1) is 16.6. The van der Waals surface area contributed by atoms with Crippen molar-refractivity contribution >= 4 is 28.9 Å². The standard InChI is InChI=1S/C18H18ClFN2O2/c1-2-22-8-7-12-3-4-13(9-17(12)22)21-18(23)11-24-14-5-6-16(20)15(19)10-14/h3-6,9-10H,2,7-8,11H2,1H3,(H,21,23). The molecule has 0 aromatic heterocycles. The molecule has 1 aliphatic rings. The Labute approximate surface area is 145 Å². The molecule has 0 bridgehead atoms. The molecule has 0 spiro atoms. The molecule has 0 saturated carbocycles. The van der Waals surface area contributed by atoms with E-state index >= 15 is 0 Å². The van der Waals surface area contributed by atoms with Gasteiger partial charge in [-0.15, -0.1) is 0 Å². The van der Waals surface area contributed by atoms with Crippen LogP contribution in [0.15, 0.2) is 36.4 Å². The minimum atomic E-state index is -0.521. The van der Waals surface area contributed by atoms with Crippen LogP contribution in [0.1, 0.15) is 12.5 Å². The van der Waals surface area contributed by atoms with Gasteiger partial charge in [0.1, 0.15) is 11.6 Å². The Bertz CT molecular complexity index is 767. The summed E-state index contributed by atoms with van der Waals surface area (Å²) in [6.07, 6.45) is 1.03. The van der Waals surface area contributed by atoms with Crippen LogP contribution in [0.4, 0.5) is 15.8 Å². The van der Waals surface area contributed by atoms with Gasteiger partial charge in [0.2, 0.25) is 0 Å². The smallest absolute Gasteiger partial charge is 0.262 e. The van der Waals surface area contributed by atoms with Gasteiger partial charge in [0, 0.05) is 30.5 Å². The number of nitrogens with one attached hydrogen (secondary N) is 1. The minimum absolute atomic E-state index is 0.0359. The first-order chi connectivity index (χ1) is 11.6. The van der Waals surface area contributed by atoms with Crippen molar-refractivity contribution in [3.8, 4) is 5.75 Å². The fourth-order valence-corrected chi connectivity index (χ4v) is 2.93. The number of amides is 1. The number of carbonyl (C=O) groups excluding carboxylic acids is 1. The highest BCUT2D eigenvalue weighted by Crippen LogP contribution is 2.30. The number of ether oxygens (including phenoxy) is 1. The molecule has 0 atom stereocenters. The Morgan fingerprint density at radius 3 is 2.92 bits per heavy atom. The van der Waals surface area contributed by atoms with E-state index in [-0.39, 0.29) is 17.5 Å². The quantitative estimate of drug-likeness (QED) is 0.891. The molecule has 0 saturated heterocycles. The second kappa shape index (κ2) is 7.09. The second-order valence-corrected chi connectivity index (χ2v) is 5.99. The van der Waals surface area contributed by atoms with Gasteiger partial charge in [-0.05, 0) is 43.2 Å². The van der Waals surface area contributed by atoms with Crippen molar-refractivity contribution in [2.45, 2.75) is 13.3 Å². The molecule has 0 radical (unpaired) electrons. The van der Waals surface area contributed by atoms with Gasteiger partial charge in [-0.2, -0.15) is 0 Å². The highest BCUT2D eigenvalue weighted by molar-refractivity contribution is 6.30. The van der Waals surface area contributed by atoms with Gasteiger partial charge in [0.05, 0.1) is 5.02 Å². The number of likely N-dealkylation sites (N-methyl/N-ethyl adjacent to an activating group) is 1. The van der Waals surface area contributed by atoms with E-state index in [1.54, 1.807) is 0 Å². The summed E-state index contributed by atoms with van der Waals surface area (Å²) in [5.74, 6) is -0.453. The summed E-state index contributed by atoms with van der Waals surface area (Å²) in [7, 11) is 0. The third-order valence-electron chi connectivity index (χ3n) is 4.00. The van der Waals surface area contributed by atoms with Gasteiger partial charge < -0.3 is 15.0 Å². The average Bonchev–Trinajstić information content (AvgIpc) is 2.98. The van der Waals surface area contributed by atoms with E-state index in [2.05, 4.69) is 17.1 Å². The van der Waals surface area contributed by atoms with Crippen LogP contribution in [-0.4, -0.2) is 25.6 Å². The lowest BCUT2D eigenvalue weighted by atomic mass is 10.1. The molecule has 0 fully saturated rings. The Hall–Kier alpha value is -2.27. The van der Waals surface area contributed by atoms with Crippen LogP contribution >= 0.6 is 11.6 Å². The Morgan fingerprint density at radius 1 is 1.33 bits per heavy atom. The van der Waals surface area contributed by atoms with Gasteiger partial charge in [-0.25, -0.2) is 4.39 Å². The summed E-state index contributed by atoms with van der Waals surface area (Å²) in [5, 5.41) is 2.78. The van der Waals surface area contributed by atoms with Crippen molar-refractivity contribution in [1.82, 2.24) is 0 Å². The first-order valence-electron chi connectivity index (χ1n) is 7.82. The molecule has 1 amide bonds. The lowest BCUT2D eigenvalue weighted by molar-refractivity contribution is -0.118. The number of anilines is 2. The lowest BCUT2D eigenvalue weighted by Crippen LogP contribution is -2.21. The third-order valence-corrected chi connectivity index (χ3v) is 4.29. The molecular weight excluding hydrogens is 331 g/mol. The number of hydrogen-bond acceptors (Lipinski definition) is 3. The zero-order valence-electron chi connectivity index (χ0n) is 13.3. The molecule has 1 aliphatic heterocycles. The molecule has 1 N–H and O–H groups in total. The van der Waals surface area contributed by atoms with Crippen molar-refractivity contribution in [2.24, 2.45) is 0 Å². The van der Waals surface area contributed by atoms with E-state index < -0.39 is 5.82 Å². The zero-order valence-corrected chi connectivity index (χ0v) is 14.1. The lowest BCUT2D eigenvalue weighted by Gasteiger charge is -2.17. The van der Waals surface area contributed by atoms with E-state index in [4.69, 9.17) is 16.3 Å². The van der Waals surface area contributed by atoms with Crippen LogP contribution in [0.25, 0.3) is 0 Å². The van der Waals surface area contributed by atoms with Gasteiger partial charge in [0.15, 0.2) is 6.61 Å². The van der Waals surface area contributed by atoms with Gasteiger partial charge in [-0.1, -0.05) is 17.7 Å². The molecule has 6 heteroatoms. The maximum Gasteiger partial charge on any atom is 0.262 e. The minimum Gasteiger partial charge on any atom is -0.484 e. The fraction of sp³-hybridized carbons (Fsp3) is 0.278. The fourth-order valence-electron chi connectivity index (χ4n) is 2.76. The van der Waals surface area contributed by atoms with Crippen molar-refractivity contribution in [1.29, 1.82) is 0 Å². The molecule has 0 aliphatic carbocycles. The highest BCUT2D eigenvalue weighted by atomic mass is 35.5. The zero-order chi connectivity index (χ0) is 17.1. The Balaban J connectivity index is 1.60. The molecule has 126 valence electrons. The summed E-state index contributed by atoms with van der Waals surface area (Å²) in [4.78, 5) is 14.3. The summed E-state index contributed by atoms with van der Waals surface area (Å²) in [6.45, 7) is 3.90. The molecule has 24 heavy (non-hydrogen) atoms. The maximum atomic E-state index is 13.1. The normalized spacial score (nSPS) is 12.9. The van der Waals surface area contributed by atoms with E-state index in [1.165, 1.54) is 29.4 Å². The van der Waals surface area contributed by atoms with E-state index in [9.17, 15) is 9.18 Å². The molecule has 2 aromatic carbocycles. The molecule has 0 unspecified atom stereocenters. The molecular formula is C18H18ClFN2O2. The number of carbonyl (C=O) groups is 1. The number of benzene rings is 2. The second-order valence-electron chi connectivity index (χ2n) is 5.59. The van der Waals surface area contributed by atoms with Crippen molar-refractivity contribution < 1.29 is 13.9 Å².